The van der Waals surface area contributed by atoms with E-state index in [9.17, 15) is 18.4 Å². The van der Waals surface area contributed by atoms with Gasteiger partial charge in [-0.15, -0.1) is 5.10 Å². The molecule has 0 amide bonds. The van der Waals surface area contributed by atoms with E-state index in [0.717, 1.165) is 4.68 Å². The van der Waals surface area contributed by atoms with Crippen LogP contribution in [0.1, 0.15) is 56.5 Å². The zero-order valence-electron chi connectivity index (χ0n) is 21.8. The quantitative estimate of drug-likeness (QED) is 0.222. The Hall–Kier alpha value is -3.62. The molecule has 1 aliphatic carbocycles. The molecule has 40 heavy (non-hydrogen) atoms. The summed E-state index contributed by atoms with van der Waals surface area (Å²) in [7, 11) is 0. The molecule has 208 valence electrons. The van der Waals surface area contributed by atoms with E-state index >= 15 is 0 Å². The van der Waals surface area contributed by atoms with Gasteiger partial charge in [-0.1, -0.05) is 55.3 Å². The number of nitrogens with zero attached hydrogens (tertiary/aromatic N) is 6. The van der Waals surface area contributed by atoms with E-state index in [0.29, 0.717) is 45.0 Å². The maximum Gasteiger partial charge on any atom is 0.413 e. The van der Waals surface area contributed by atoms with Crippen LogP contribution in [0.2, 0.25) is 10.2 Å². The fourth-order valence-corrected chi connectivity index (χ4v) is 4.78. The third-order valence-corrected chi connectivity index (χ3v) is 7.24. The summed E-state index contributed by atoms with van der Waals surface area (Å²) < 4.78 is 42.2. The number of rotatable bonds is 7. The van der Waals surface area contributed by atoms with Gasteiger partial charge in [-0.2, -0.15) is 18.4 Å². The highest BCUT2D eigenvalue weighted by Crippen LogP contribution is 2.55. The monoisotopic (exact) mass is 588 g/mol. The van der Waals surface area contributed by atoms with E-state index in [4.69, 9.17) is 23.2 Å². The number of nitrogens with one attached hydrogen (secondary N) is 2. The molecule has 0 unspecified atom stereocenters. The Morgan fingerprint density at radius 2 is 1.88 bits per heavy atom. The van der Waals surface area contributed by atoms with Gasteiger partial charge in [0.15, 0.2) is 5.54 Å². The van der Waals surface area contributed by atoms with Crippen molar-refractivity contribution in [1.29, 1.82) is 5.26 Å². The molecular formula is C27H25Cl2F3N8. The van der Waals surface area contributed by atoms with Crippen molar-refractivity contribution in [3.05, 3.63) is 69.9 Å². The predicted octanol–water partition coefficient (Wildman–Crippen LogP) is 7.11. The van der Waals surface area contributed by atoms with Crippen molar-refractivity contribution >= 4 is 45.5 Å². The number of fused-ring (bicyclic) bond motifs is 1. The fourth-order valence-electron chi connectivity index (χ4n) is 4.40. The number of aromatic nitrogens is 5. The molecule has 1 aliphatic rings. The summed E-state index contributed by atoms with van der Waals surface area (Å²) in [5.41, 5.74) is 0.706. The number of hydrogen-bond acceptors (Lipinski definition) is 7. The van der Waals surface area contributed by atoms with E-state index in [1.807, 2.05) is 0 Å². The molecule has 4 aromatic rings. The van der Waals surface area contributed by atoms with E-state index < -0.39 is 17.8 Å². The van der Waals surface area contributed by atoms with Gasteiger partial charge in [0.2, 0.25) is 0 Å². The second kappa shape index (κ2) is 10.1. The van der Waals surface area contributed by atoms with Crippen molar-refractivity contribution in [1.82, 2.24) is 25.0 Å². The number of nitriles is 1. The Balaban J connectivity index is 1.58. The van der Waals surface area contributed by atoms with Gasteiger partial charge in [-0.25, -0.2) is 9.67 Å². The van der Waals surface area contributed by atoms with Gasteiger partial charge in [0, 0.05) is 30.0 Å². The highest BCUT2D eigenvalue weighted by atomic mass is 35.5. The van der Waals surface area contributed by atoms with Crippen LogP contribution in [0.4, 0.5) is 24.5 Å². The molecule has 1 fully saturated rings. The number of anilines is 2. The highest BCUT2D eigenvalue weighted by Gasteiger charge is 2.66. The third kappa shape index (κ3) is 5.38. The second-order valence-corrected chi connectivity index (χ2v) is 11.8. The second-order valence-electron chi connectivity index (χ2n) is 11.0. The summed E-state index contributed by atoms with van der Waals surface area (Å²) in [6.07, 6.45) is -0.264. The highest BCUT2D eigenvalue weighted by molar-refractivity contribution is 6.35. The lowest BCUT2D eigenvalue weighted by atomic mass is 9.96. The molecule has 3 heterocycles. The Morgan fingerprint density at radius 1 is 1.12 bits per heavy atom. The van der Waals surface area contributed by atoms with Crippen LogP contribution in [0.3, 0.4) is 0 Å². The van der Waals surface area contributed by atoms with E-state index in [1.54, 1.807) is 24.3 Å². The van der Waals surface area contributed by atoms with Crippen molar-refractivity contribution < 1.29 is 13.2 Å². The zero-order chi connectivity index (χ0) is 28.9. The van der Waals surface area contributed by atoms with Crippen LogP contribution in [0.25, 0.3) is 10.9 Å². The van der Waals surface area contributed by atoms with Crippen molar-refractivity contribution in [3.63, 3.8) is 0 Å². The minimum absolute atomic E-state index is 0.0568. The lowest BCUT2D eigenvalue weighted by Gasteiger charge is -2.22. The maximum atomic E-state index is 13.8. The molecule has 1 aromatic carbocycles. The van der Waals surface area contributed by atoms with Crippen LogP contribution in [0.15, 0.2) is 42.9 Å². The summed E-state index contributed by atoms with van der Waals surface area (Å²) in [5.74, 6) is 0. The van der Waals surface area contributed by atoms with E-state index in [-0.39, 0.29) is 29.1 Å². The van der Waals surface area contributed by atoms with Gasteiger partial charge in [0.1, 0.15) is 16.9 Å². The molecule has 13 heteroatoms. The van der Waals surface area contributed by atoms with Gasteiger partial charge >= 0.3 is 6.18 Å². The van der Waals surface area contributed by atoms with Crippen LogP contribution in [0.5, 0.6) is 0 Å². The summed E-state index contributed by atoms with van der Waals surface area (Å²) >= 11 is 12.6. The summed E-state index contributed by atoms with van der Waals surface area (Å²) in [6.45, 7) is 6.78. The topological polar surface area (TPSA) is 104 Å². The molecule has 0 bridgehead atoms. The number of pyridine rings is 2. The first kappa shape index (κ1) is 27.9. The first-order valence-electron chi connectivity index (χ1n) is 12.4. The third-order valence-electron chi connectivity index (χ3n) is 6.73. The largest absolute Gasteiger partial charge is 0.413 e. The molecule has 2 N–H and O–H groups in total. The normalized spacial score (nSPS) is 15.5. The summed E-state index contributed by atoms with van der Waals surface area (Å²) in [4.78, 5) is 8.52. The van der Waals surface area contributed by atoms with Crippen LogP contribution in [-0.2, 0) is 5.54 Å². The Morgan fingerprint density at radius 3 is 2.48 bits per heavy atom. The number of benzene rings is 1. The van der Waals surface area contributed by atoms with Crippen molar-refractivity contribution in [2.75, 3.05) is 17.2 Å². The molecule has 1 saturated carbocycles. The lowest BCUT2D eigenvalue weighted by Crippen LogP contribution is -2.35. The Labute approximate surface area is 238 Å². The molecule has 5 rings (SSSR count). The molecule has 3 aromatic heterocycles. The maximum absolute atomic E-state index is 13.8. The van der Waals surface area contributed by atoms with Gasteiger partial charge in [-0.3, -0.25) is 4.98 Å². The number of alkyl halides is 3. The lowest BCUT2D eigenvalue weighted by molar-refractivity contribution is -0.182. The van der Waals surface area contributed by atoms with E-state index in [2.05, 4.69) is 57.8 Å². The van der Waals surface area contributed by atoms with Crippen LogP contribution < -0.4 is 10.6 Å². The SMILES string of the molecule is CC(C)(C)CNc1c(C#N)cnc2c(Cl)cc(N[C@@H](c3ccc(Cl)nc3)c3cn(C4(C(F)(F)F)CC4)nn3)cc12. The fraction of sp³-hybridized carbons (Fsp3) is 0.370. The van der Waals surface area contributed by atoms with Gasteiger partial charge in [-0.05, 0) is 42.0 Å². The average molecular weight is 589 g/mol. The van der Waals surface area contributed by atoms with Crippen LogP contribution >= 0.6 is 23.2 Å². The molecular weight excluding hydrogens is 564 g/mol. The first-order chi connectivity index (χ1) is 18.8. The van der Waals surface area contributed by atoms with E-state index in [1.165, 1.54) is 18.6 Å². The number of halogens is 5. The zero-order valence-corrected chi connectivity index (χ0v) is 23.3. The number of hydrogen-bond donors (Lipinski definition) is 2. The Kier molecular flexibility index (Phi) is 7.04. The van der Waals surface area contributed by atoms with Gasteiger partial charge in [0.05, 0.1) is 34.0 Å². The summed E-state index contributed by atoms with van der Waals surface area (Å²) in [6, 6.07) is 8.17. The van der Waals surface area contributed by atoms with Gasteiger partial charge in [0.25, 0.3) is 0 Å². The van der Waals surface area contributed by atoms with Crippen molar-refractivity contribution in [2.24, 2.45) is 5.41 Å². The first-order valence-corrected chi connectivity index (χ1v) is 13.2. The molecule has 0 radical (unpaired) electrons. The smallest absolute Gasteiger partial charge is 0.383 e. The Bertz CT molecular complexity index is 1600. The average Bonchev–Trinajstić information content (AvgIpc) is 3.57. The van der Waals surface area contributed by atoms with Crippen molar-refractivity contribution in [3.8, 4) is 6.07 Å². The standard InChI is InChI=1S/C27H25Cl2F3N8/c1-25(2,3)14-36-22-16(10-33)12-35-24-18(22)8-17(9-19(24)28)37-23(15-4-5-21(29)34-11-15)20-13-40(39-38-20)26(6-7-26)27(30,31)32/h4-5,8-9,11-13,23,37H,6-7,14H2,1-3H3,(H,35,36)/t23-/m0/s1. The van der Waals surface area contributed by atoms with Crippen LogP contribution in [-0.4, -0.2) is 37.7 Å². The summed E-state index contributed by atoms with van der Waals surface area (Å²) in [5, 5.41) is 25.6. The molecule has 0 spiro atoms. The minimum atomic E-state index is -4.45. The molecule has 0 aliphatic heterocycles. The molecule has 0 saturated heterocycles. The minimum Gasteiger partial charge on any atom is -0.383 e. The predicted molar refractivity (Wildman–Crippen MR) is 147 cm³/mol. The molecule has 8 nitrogen and oxygen atoms in total. The van der Waals surface area contributed by atoms with Crippen LogP contribution in [0, 0.1) is 16.7 Å². The molecule has 1 atom stereocenters. The van der Waals surface area contributed by atoms with Crippen molar-refractivity contribution in [2.45, 2.75) is 51.4 Å². The van der Waals surface area contributed by atoms with Gasteiger partial charge < -0.3 is 10.6 Å².